The summed E-state index contributed by atoms with van der Waals surface area (Å²) in [5.74, 6) is -1.27. The molecule has 1 unspecified atom stereocenters. The van der Waals surface area contributed by atoms with Crippen LogP contribution in [0.4, 0.5) is 0 Å². The Morgan fingerprint density at radius 1 is 0.974 bits per heavy atom. The van der Waals surface area contributed by atoms with E-state index in [9.17, 15) is 14.4 Å². The minimum Gasteiger partial charge on any atom is -0.463 e. The van der Waals surface area contributed by atoms with Gasteiger partial charge in [-0.1, -0.05) is 71.7 Å². The molecule has 0 saturated heterocycles. The Kier molecular flexibility index (Phi) is 8.87. The topological polar surface area (TPSA) is 75.7 Å². The van der Waals surface area contributed by atoms with E-state index in [4.69, 9.17) is 27.9 Å². The van der Waals surface area contributed by atoms with Gasteiger partial charge < -0.3 is 15.0 Å². The average molecular weight is 551 g/mol. The van der Waals surface area contributed by atoms with Gasteiger partial charge in [0.1, 0.15) is 0 Å². The van der Waals surface area contributed by atoms with Crippen LogP contribution in [0.1, 0.15) is 53.2 Å². The minimum absolute atomic E-state index is 0.0867. The molecule has 0 aromatic heterocycles. The lowest BCUT2D eigenvalue weighted by molar-refractivity contribution is -0.140. The Morgan fingerprint density at radius 2 is 1.68 bits per heavy atom. The normalized spacial score (nSPS) is 15.4. The summed E-state index contributed by atoms with van der Waals surface area (Å²) in [5.41, 5.74) is 4.03. The number of hydrogen-bond acceptors (Lipinski definition) is 4. The van der Waals surface area contributed by atoms with Crippen LogP contribution in [-0.2, 0) is 27.4 Å². The van der Waals surface area contributed by atoms with Crippen molar-refractivity contribution >= 4 is 41.0 Å². The van der Waals surface area contributed by atoms with Crippen molar-refractivity contribution in [1.29, 1.82) is 0 Å². The zero-order valence-electron chi connectivity index (χ0n) is 21.2. The average Bonchev–Trinajstić information content (AvgIpc) is 2.92. The van der Waals surface area contributed by atoms with Crippen LogP contribution in [0.15, 0.2) is 84.1 Å². The van der Waals surface area contributed by atoms with Crippen molar-refractivity contribution in [2.45, 2.75) is 39.3 Å². The predicted molar refractivity (Wildman–Crippen MR) is 148 cm³/mol. The highest BCUT2D eigenvalue weighted by Crippen LogP contribution is 2.39. The highest BCUT2D eigenvalue weighted by Gasteiger charge is 2.37. The molecule has 0 fully saturated rings. The third-order valence-electron chi connectivity index (χ3n) is 6.52. The van der Waals surface area contributed by atoms with Crippen molar-refractivity contribution in [1.82, 2.24) is 10.2 Å². The molecule has 0 aliphatic carbocycles. The number of halogens is 2. The van der Waals surface area contributed by atoms with E-state index in [0.717, 1.165) is 16.7 Å². The Balaban J connectivity index is 1.54. The Morgan fingerprint density at radius 3 is 2.34 bits per heavy atom. The minimum atomic E-state index is -0.497. The molecule has 0 spiro atoms. The second kappa shape index (κ2) is 12.3. The Bertz CT molecular complexity index is 1370. The van der Waals surface area contributed by atoms with Crippen LogP contribution < -0.4 is 5.32 Å². The lowest BCUT2D eigenvalue weighted by atomic mass is 9.83. The van der Waals surface area contributed by atoms with Gasteiger partial charge in [0.25, 0.3) is 5.91 Å². The fourth-order valence-corrected chi connectivity index (χ4v) is 4.82. The first kappa shape index (κ1) is 27.4. The molecule has 1 aliphatic heterocycles. The van der Waals surface area contributed by atoms with Crippen LogP contribution in [-0.4, -0.2) is 29.3 Å². The molecule has 0 saturated carbocycles. The van der Waals surface area contributed by atoms with E-state index in [1.54, 1.807) is 49.1 Å². The SMILES string of the molecule is CCOC(=O)C1=C(C)N(Cc2ccc(C(=O)NCc3ccccc3)cc2)C(=O)CC1c1ccc(Cl)c(Cl)c1. The van der Waals surface area contributed by atoms with Crippen LogP contribution in [0.5, 0.6) is 0 Å². The number of carbonyl (C=O) groups excluding carboxylic acids is 3. The van der Waals surface area contributed by atoms with E-state index >= 15 is 0 Å². The molecule has 196 valence electrons. The fraction of sp³-hybridized carbons (Fsp3) is 0.233. The van der Waals surface area contributed by atoms with Gasteiger partial charge in [0.15, 0.2) is 0 Å². The van der Waals surface area contributed by atoms with E-state index in [-0.39, 0.29) is 31.4 Å². The Labute approximate surface area is 232 Å². The summed E-state index contributed by atoms with van der Waals surface area (Å²) in [4.78, 5) is 40.4. The lowest BCUT2D eigenvalue weighted by Crippen LogP contribution is -2.38. The summed E-state index contributed by atoms with van der Waals surface area (Å²) in [6, 6.07) is 21.9. The van der Waals surface area contributed by atoms with Crippen LogP contribution in [0, 0.1) is 0 Å². The quantitative estimate of drug-likeness (QED) is 0.335. The van der Waals surface area contributed by atoms with Gasteiger partial charge in [0.2, 0.25) is 5.91 Å². The summed E-state index contributed by atoms with van der Waals surface area (Å²) in [6.07, 6.45) is 0.0867. The maximum absolute atomic E-state index is 13.3. The molecule has 2 amide bonds. The number of allylic oxidation sites excluding steroid dienone is 1. The van der Waals surface area contributed by atoms with Crippen molar-refractivity contribution in [2.75, 3.05) is 6.61 Å². The first-order valence-corrected chi connectivity index (χ1v) is 13.1. The monoisotopic (exact) mass is 550 g/mol. The summed E-state index contributed by atoms with van der Waals surface area (Å²) in [5, 5.41) is 3.66. The zero-order chi connectivity index (χ0) is 27.2. The zero-order valence-corrected chi connectivity index (χ0v) is 22.7. The third kappa shape index (κ3) is 6.26. The molecule has 1 N–H and O–H groups in total. The molecule has 1 heterocycles. The molecule has 1 aliphatic rings. The highest BCUT2D eigenvalue weighted by molar-refractivity contribution is 6.42. The van der Waals surface area contributed by atoms with Crippen molar-refractivity contribution in [3.63, 3.8) is 0 Å². The molecular weight excluding hydrogens is 523 g/mol. The molecule has 38 heavy (non-hydrogen) atoms. The number of nitrogens with one attached hydrogen (secondary N) is 1. The van der Waals surface area contributed by atoms with E-state index in [1.807, 2.05) is 42.5 Å². The first-order chi connectivity index (χ1) is 18.3. The summed E-state index contributed by atoms with van der Waals surface area (Å²) in [6.45, 7) is 4.40. The Hall–Kier alpha value is -3.61. The van der Waals surface area contributed by atoms with Crippen molar-refractivity contribution in [3.05, 3.63) is 116 Å². The second-order valence-electron chi connectivity index (χ2n) is 8.99. The largest absolute Gasteiger partial charge is 0.463 e. The number of rotatable bonds is 8. The molecule has 0 bridgehead atoms. The number of benzene rings is 3. The lowest BCUT2D eigenvalue weighted by Gasteiger charge is -2.34. The summed E-state index contributed by atoms with van der Waals surface area (Å²) < 4.78 is 5.35. The van der Waals surface area contributed by atoms with Crippen molar-refractivity contribution in [2.24, 2.45) is 0 Å². The smallest absolute Gasteiger partial charge is 0.336 e. The van der Waals surface area contributed by atoms with Gasteiger partial charge >= 0.3 is 5.97 Å². The van der Waals surface area contributed by atoms with Gasteiger partial charge in [-0.05, 0) is 54.8 Å². The molecule has 8 heteroatoms. The first-order valence-electron chi connectivity index (χ1n) is 12.3. The highest BCUT2D eigenvalue weighted by atomic mass is 35.5. The van der Waals surface area contributed by atoms with Gasteiger partial charge in [-0.25, -0.2) is 4.79 Å². The number of nitrogens with zero attached hydrogens (tertiary/aromatic N) is 1. The fourth-order valence-electron chi connectivity index (χ4n) is 4.52. The predicted octanol–water partition coefficient (Wildman–Crippen LogP) is 6.28. The molecule has 3 aromatic rings. The maximum Gasteiger partial charge on any atom is 0.336 e. The molecule has 3 aromatic carbocycles. The van der Waals surface area contributed by atoms with Crippen LogP contribution in [0.25, 0.3) is 0 Å². The van der Waals surface area contributed by atoms with E-state index < -0.39 is 11.9 Å². The van der Waals surface area contributed by atoms with Crippen LogP contribution in [0.2, 0.25) is 10.0 Å². The number of carbonyl (C=O) groups is 3. The summed E-state index contributed by atoms with van der Waals surface area (Å²) >= 11 is 12.3. The van der Waals surface area contributed by atoms with Gasteiger partial charge in [-0.3, -0.25) is 9.59 Å². The van der Waals surface area contributed by atoms with E-state index in [0.29, 0.717) is 33.4 Å². The van der Waals surface area contributed by atoms with E-state index in [2.05, 4.69) is 5.32 Å². The number of amides is 2. The van der Waals surface area contributed by atoms with Crippen molar-refractivity contribution in [3.8, 4) is 0 Å². The molecule has 4 rings (SSSR count). The van der Waals surface area contributed by atoms with Gasteiger partial charge in [-0.2, -0.15) is 0 Å². The van der Waals surface area contributed by atoms with E-state index in [1.165, 1.54) is 0 Å². The van der Waals surface area contributed by atoms with Gasteiger partial charge in [-0.15, -0.1) is 0 Å². The molecular formula is C30H28Cl2N2O4. The number of hydrogen-bond donors (Lipinski definition) is 1. The standard InChI is InChI=1S/C30H28Cl2N2O4/c1-3-38-30(37)28-19(2)34(27(35)16-24(28)23-13-14-25(31)26(32)15-23)18-21-9-11-22(12-10-21)29(36)33-17-20-7-5-4-6-8-20/h4-15,24H,3,16-18H2,1-2H3,(H,33,36). The maximum atomic E-state index is 13.3. The summed E-state index contributed by atoms with van der Waals surface area (Å²) in [7, 11) is 0. The molecule has 1 atom stereocenters. The molecule has 6 nitrogen and oxygen atoms in total. The third-order valence-corrected chi connectivity index (χ3v) is 7.26. The number of esters is 1. The van der Waals surface area contributed by atoms with Gasteiger partial charge in [0, 0.05) is 30.1 Å². The second-order valence-corrected chi connectivity index (χ2v) is 9.81. The number of ether oxygens (including phenoxy) is 1. The van der Waals surface area contributed by atoms with Crippen molar-refractivity contribution < 1.29 is 19.1 Å². The van der Waals surface area contributed by atoms with Gasteiger partial charge in [0.05, 0.1) is 28.8 Å². The van der Waals surface area contributed by atoms with Crippen LogP contribution in [0.3, 0.4) is 0 Å². The van der Waals surface area contributed by atoms with Crippen LogP contribution >= 0.6 is 23.2 Å². The molecule has 0 radical (unpaired) electrons.